The first kappa shape index (κ1) is 13.3. The molecule has 0 saturated heterocycles. The van der Waals surface area contributed by atoms with Crippen LogP contribution in [0.5, 0.6) is 0 Å². The van der Waals surface area contributed by atoms with Gasteiger partial charge in [0, 0.05) is 35.0 Å². The van der Waals surface area contributed by atoms with Gasteiger partial charge in [-0.25, -0.2) is 4.79 Å². The van der Waals surface area contributed by atoms with Crippen LogP contribution in [0.25, 0.3) is 6.08 Å². The quantitative estimate of drug-likeness (QED) is 0.740. The summed E-state index contributed by atoms with van der Waals surface area (Å²) in [5.74, 6) is -0.926. The number of carbonyl (C=O) groups is 1. The molecule has 98 valence electrons. The van der Waals surface area contributed by atoms with Crippen LogP contribution in [-0.4, -0.2) is 40.3 Å². The molecular weight excluding hydrogens is 250 g/mol. The molecule has 2 N–H and O–H groups in total. The number of aliphatic carboxylic acids is 1. The number of carboxylic acid groups (broad SMARTS) is 1. The van der Waals surface area contributed by atoms with Crippen LogP contribution >= 0.6 is 11.3 Å². The highest BCUT2D eigenvalue weighted by molar-refractivity contribution is 7.12. The molecule has 1 aromatic heterocycles. The molecule has 0 unspecified atom stereocenters. The standard InChI is InChI=1S/C13H17NO3S/c15-8-7-14(10-1-2-10)9-12-4-3-11(18-12)5-6-13(16)17/h3-6,10,15H,1-2,7-9H2,(H,16,17). The maximum atomic E-state index is 10.4. The lowest BCUT2D eigenvalue weighted by Crippen LogP contribution is -2.28. The number of hydrogen-bond donors (Lipinski definition) is 2. The SMILES string of the molecule is O=C(O)C=Cc1ccc(CN(CCO)C2CC2)s1. The van der Waals surface area contributed by atoms with Gasteiger partial charge in [-0.1, -0.05) is 0 Å². The van der Waals surface area contributed by atoms with Crippen LogP contribution in [0.1, 0.15) is 22.6 Å². The van der Waals surface area contributed by atoms with Crippen LogP contribution < -0.4 is 0 Å². The van der Waals surface area contributed by atoms with Crippen LogP contribution in [0.15, 0.2) is 18.2 Å². The number of aliphatic hydroxyl groups is 1. The van der Waals surface area contributed by atoms with Gasteiger partial charge < -0.3 is 10.2 Å². The zero-order valence-corrected chi connectivity index (χ0v) is 10.9. The molecule has 1 saturated carbocycles. The molecule has 0 aliphatic heterocycles. The molecule has 2 rings (SSSR count). The first-order valence-electron chi connectivity index (χ1n) is 6.03. The molecule has 0 radical (unpaired) electrons. The molecule has 1 heterocycles. The molecule has 5 heteroatoms. The van der Waals surface area contributed by atoms with E-state index < -0.39 is 5.97 Å². The molecule has 0 amide bonds. The molecule has 0 atom stereocenters. The third-order valence-corrected chi connectivity index (χ3v) is 3.92. The number of thiophene rings is 1. The summed E-state index contributed by atoms with van der Waals surface area (Å²) in [5.41, 5.74) is 0. The third-order valence-electron chi connectivity index (χ3n) is 2.88. The molecule has 0 bridgehead atoms. The second-order valence-corrected chi connectivity index (χ2v) is 5.60. The van der Waals surface area contributed by atoms with Crippen molar-refractivity contribution >= 4 is 23.4 Å². The topological polar surface area (TPSA) is 60.8 Å². The minimum atomic E-state index is -0.926. The second-order valence-electron chi connectivity index (χ2n) is 4.40. The minimum Gasteiger partial charge on any atom is -0.478 e. The normalized spacial score (nSPS) is 15.7. The molecule has 18 heavy (non-hydrogen) atoms. The van der Waals surface area contributed by atoms with E-state index in [1.54, 1.807) is 17.4 Å². The molecule has 1 aliphatic carbocycles. The van der Waals surface area contributed by atoms with Gasteiger partial charge in [0.05, 0.1) is 6.61 Å². The molecule has 0 aromatic carbocycles. The van der Waals surface area contributed by atoms with E-state index in [4.69, 9.17) is 10.2 Å². The summed E-state index contributed by atoms with van der Waals surface area (Å²) in [6, 6.07) is 4.58. The van der Waals surface area contributed by atoms with Gasteiger partial charge in [-0.2, -0.15) is 0 Å². The van der Waals surface area contributed by atoms with Crippen molar-refractivity contribution in [2.75, 3.05) is 13.2 Å². The summed E-state index contributed by atoms with van der Waals surface area (Å²) >= 11 is 1.60. The van der Waals surface area contributed by atoms with Crippen molar-refractivity contribution in [3.05, 3.63) is 28.0 Å². The molecule has 1 aromatic rings. The zero-order chi connectivity index (χ0) is 13.0. The Kier molecular flexibility index (Phi) is 4.52. The van der Waals surface area contributed by atoms with Crippen molar-refractivity contribution in [2.24, 2.45) is 0 Å². The highest BCUT2D eigenvalue weighted by atomic mass is 32.1. The van der Waals surface area contributed by atoms with Gasteiger partial charge in [-0.15, -0.1) is 11.3 Å². The van der Waals surface area contributed by atoms with Crippen molar-refractivity contribution in [3.63, 3.8) is 0 Å². The predicted octanol–water partition coefficient (Wildman–Crippen LogP) is 1.80. The lowest BCUT2D eigenvalue weighted by molar-refractivity contribution is -0.131. The van der Waals surface area contributed by atoms with Crippen molar-refractivity contribution in [3.8, 4) is 0 Å². The molecule has 0 spiro atoms. The fourth-order valence-corrected chi connectivity index (χ4v) is 2.82. The van der Waals surface area contributed by atoms with E-state index in [9.17, 15) is 4.79 Å². The Morgan fingerprint density at radius 3 is 2.89 bits per heavy atom. The summed E-state index contributed by atoms with van der Waals surface area (Å²) < 4.78 is 0. The first-order valence-corrected chi connectivity index (χ1v) is 6.85. The average molecular weight is 267 g/mol. The first-order chi connectivity index (χ1) is 8.69. The van der Waals surface area contributed by atoms with Crippen molar-refractivity contribution < 1.29 is 15.0 Å². The Balaban J connectivity index is 1.94. The Labute approximate surface area is 110 Å². The number of nitrogens with zero attached hydrogens (tertiary/aromatic N) is 1. The molecule has 4 nitrogen and oxygen atoms in total. The maximum Gasteiger partial charge on any atom is 0.328 e. The number of hydrogen-bond acceptors (Lipinski definition) is 4. The summed E-state index contributed by atoms with van der Waals surface area (Å²) in [7, 11) is 0. The maximum absolute atomic E-state index is 10.4. The molecular formula is C13H17NO3S. The molecule has 1 fully saturated rings. The smallest absolute Gasteiger partial charge is 0.328 e. The van der Waals surface area contributed by atoms with Crippen LogP contribution in [0.4, 0.5) is 0 Å². The van der Waals surface area contributed by atoms with E-state index in [1.807, 2.05) is 12.1 Å². The van der Waals surface area contributed by atoms with E-state index in [1.165, 1.54) is 17.7 Å². The minimum absolute atomic E-state index is 0.188. The summed E-state index contributed by atoms with van der Waals surface area (Å²) in [6.07, 6.45) is 5.21. The number of aliphatic hydroxyl groups excluding tert-OH is 1. The van der Waals surface area contributed by atoms with E-state index >= 15 is 0 Å². The van der Waals surface area contributed by atoms with E-state index in [0.29, 0.717) is 12.6 Å². The Morgan fingerprint density at radius 1 is 1.50 bits per heavy atom. The fourth-order valence-electron chi connectivity index (χ4n) is 1.88. The van der Waals surface area contributed by atoms with Gasteiger partial charge in [0.15, 0.2) is 0 Å². The number of rotatable bonds is 7. The van der Waals surface area contributed by atoms with Crippen LogP contribution in [0, 0.1) is 0 Å². The van der Waals surface area contributed by atoms with Gasteiger partial charge in [0.25, 0.3) is 0 Å². The highest BCUT2D eigenvalue weighted by Gasteiger charge is 2.28. The van der Waals surface area contributed by atoms with Gasteiger partial charge >= 0.3 is 5.97 Å². The third kappa shape index (κ3) is 3.94. The van der Waals surface area contributed by atoms with E-state index in [-0.39, 0.29) is 6.61 Å². The van der Waals surface area contributed by atoms with Crippen molar-refractivity contribution in [1.82, 2.24) is 4.90 Å². The Bertz CT molecular complexity index is 437. The summed E-state index contributed by atoms with van der Waals surface area (Å²) in [6.45, 7) is 1.74. The second kappa shape index (κ2) is 6.13. The van der Waals surface area contributed by atoms with E-state index in [0.717, 1.165) is 17.5 Å². The van der Waals surface area contributed by atoms with E-state index in [2.05, 4.69) is 4.90 Å². The van der Waals surface area contributed by atoms with Crippen molar-refractivity contribution in [2.45, 2.75) is 25.4 Å². The van der Waals surface area contributed by atoms with Gasteiger partial charge in [0.1, 0.15) is 0 Å². The monoisotopic (exact) mass is 267 g/mol. The van der Waals surface area contributed by atoms with Crippen LogP contribution in [0.2, 0.25) is 0 Å². The highest BCUT2D eigenvalue weighted by Crippen LogP contribution is 2.29. The van der Waals surface area contributed by atoms with Gasteiger partial charge in [-0.05, 0) is 31.1 Å². The largest absolute Gasteiger partial charge is 0.478 e. The summed E-state index contributed by atoms with van der Waals surface area (Å²) in [5, 5.41) is 17.6. The Morgan fingerprint density at radius 2 is 2.28 bits per heavy atom. The summed E-state index contributed by atoms with van der Waals surface area (Å²) in [4.78, 5) is 14.9. The lowest BCUT2D eigenvalue weighted by atomic mass is 10.3. The molecule has 1 aliphatic rings. The zero-order valence-electron chi connectivity index (χ0n) is 10.1. The Hall–Kier alpha value is -1.17. The van der Waals surface area contributed by atoms with Crippen LogP contribution in [-0.2, 0) is 11.3 Å². The van der Waals surface area contributed by atoms with Gasteiger partial charge in [0.2, 0.25) is 0 Å². The van der Waals surface area contributed by atoms with Crippen molar-refractivity contribution in [1.29, 1.82) is 0 Å². The van der Waals surface area contributed by atoms with Crippen LogP contribution in [0.3, 0.4) is 0 Å². The average Bonchev–Trinajstić information content (AvgIpc) is 3.08. The van der Waals surface area contributed by atoms with Gasteiger partial charge in [-0.3, -0.25) is 4.90 Å². The lowest BCUT2D eigenvalue weighted by Gasteiger charge is -2.19. The number of carboxylic acids is 1. The fraction of sp³-hybridized carbons (Fsp3) is 0.462. The predicted molar refractivity (Wildman–Crippen MR) is 71.5 cm³/mol.